The largest absolute Gasteiger partial charge is 0.497 e. The summed E-state index contributed by atoms with van der Waals surface area (Å²) in [6.07, 6.45) is 0. The second kappa shape index (κ2) is 4.25. The van der Waals surface area contributed by atoms with Crippen molar-refractivity contribution in [2.75, 3.05) is 13.7 Å². The zero-order valence-electron chi connectivity index (χ0n) is 7.21. The molecule has 2 N–H and O–H groups in total. The Labute approximate surface area is 81.4 Å². The molecule has 0 aliphatic rings. The predicted molar refractivity (Wildman–Crippen MR) is 51.4 cm³/mol. The van der Waals surface area contributed by atoms with Crippen molar-refractivity contribution in [2.24, 2.45) is 5.73 Å². The maximum absolute atomic E-state index is 11.2. The standard InChI is InChI=1S/C9H10ClNO2/c1-13-6-2-3-8(10)7(4-6)9(12)5-11/h2-4H,5,11H2,1H3. The number of hydrogen-bond donors (Lipinski definition) is 1. The van der Waals surface area contributed by atoms with Gasteiger partial charge in [-0.3, -0.25) is 4.79 Å². The van der Waals surface area contributed by atoms with Crippen LogP contribution in [0.15, 0.2) is 18.2 Å². The summed E-state index contributed by atoms with van der Waals surface area (Å²) in [6, 6.07) is 4.89. The van der Waals surface area contributed by atoms with Crippen LogP contribution in [0.25, 0.3) is 0 Å². The van der Waals surface area contributed by atoms with Gasteiger partial charge in [0, 0.05) is 5.56 Å². The van der Waals surface area contributed by atoms with Crippen LogP contribution >= 0.6 is 11.6 Å². The highest BCUT2D eigenvalue weighted by Crippen LogP contribution is 2.21. The first kappa shape index (κ1) is 10.0. The van der Waals surface area contributed by atoms with E-state index >= 15 is 0 Å². The maximum Gasteiger partial charge on any atom is 0.178 e. The van der Waals surface area contributed by atoms with Crippen LogP contribution in [0, 0.1) is 0 Å². The van der Waals surface area contributed by atoms with Gasteiger partial charge in [0.05, 0.1) is 18.7 Å². The Balaban J connectivity index is 3.11. The lowest BCUT2D eigenvalue weighted by atomic mass is 10.1. The molecule has 4 heteroatoms. The van der Waals surface area contributed by atoms with Crippen molar-refractivity contribution in [2.45, 2.75) is 0 Å². The van der Waals surface area contributed by atoms with Crippen LogP contribution in [-0.4, -0.2) is 19.4 Å². The second-order valence-corrected chi connectivity index (χ2v) is 2.88. The van der Waals surface area contributed by atoms with Crippen LogP contribution in [0.1, 0.15) is 10.4 Å². The van der Waals surface area contributed by atoms with Crippen molar-refractivity contribution in [1.29, 1.82) is 0 Å². The monoisotopic (exact) mass is 199 g/mol. The molecule has 70 valence electrons. The van der Waals surface area contributed by atoms with E-state index < -0.39 is 0 Å². The average Bonchev–Trinajstić information content (AvgIpc) is 2.17. The van der Waals surface area contributed by atoms with Gasteiger partial charge in [-0.15, -0.1) is 0 Å². The van der Waals surface area contributed by atoms with Gasteiger partial charge in [0.2, 0.25) is 0 Å². The van der Waals surface area contributed by atoms with Gasteiger partial charge in [-0.05, 0) is 18.2 Å². The third-order valence-corrected chi connectivity index (χ3v) is 1.99. The third kappa shape index (κ3) is 2.20. The van der Waals surface area contributed by atoms with E-state index in [9.17, 15) is 4.79 Å². The molecule has 13 heavy (non-hydrogen) atoms. The lowest BCUT2D eigenvalue weighted by Gasteiger charge is -2.04. The Morgan fingerprint density at radius 2 is 2.31 bits per heavy atom. The molecule has 0 unspecified atom stereocenters. The molecule has 3 nitrogen and oxygen atoms in total. The van der Waals surface area contributed by atoms with Crippen LogP contribution in [0.5, 0.6) is 5.75 Å². The molecule has 0 atom stereocenters. The number of Topliss-reactive ketones (excluding diaryl/α,β-unsaturated/α-hetero) is 1. The minimum absolute atomic E-state index is 0.0487. The number of methoxy groups -OCH3 is 1. The van der Waals surface area contributed by atoms with E-state index in [1.54, 1.807) is 18.2 Å². The number of ketones is 1. The van der Waals surface area contributed by atoms with Gasteiger partial charge < -0.3 is 10.5 Å². The molecule has 0 fully saturated rings. The van der Waals surface area contributed by atoms with Crippen molar-refractivity contribution >= 4 is 17.4 Å². The smallest absolute Gasteiger partial charge is 0.178 e. The first-order chi connectivity index (χ1) is 6.19. The van der Waals surface area contributed by atoms with Crippen LogP contribution in [0.4, 0.5) is 0 Å². The molecule has 0 saturated carbocycles. The highest BCUT2D eigenvalue weighted by molar-refractivity contribution is 6.34. The van der Waals surface area contributed by atoms with Gasteiger partial charge in [0.15, 0.2) is 5.78 Å². The molecule has 0 aliphatic carbocycles. The molecular weight excluding hydrogens is 190 g/mol. The van der Waals surface area contributed by atoms with Crippen LogP contribution in [0.2, 0.25) is 5.02 Å². The van der Waals surface area contributed by atoms with Gasteiger partial charge >= 0.3 is 0 Å². The molecule has 0 amide bonds. The summed E-state index contributed by atoms with van der Waals surface area (Å²) >= 11 is 5.79. The lowest BCUT2D eigenvalue weighted by molar-refractivity contribution is 0.100. The predicted octanol–water partition coefficient (Wildman–Crippen LogP) is 1.49. The summed E-state index contributed by atoms with van der Waals surface area (Å²) in [4.78, 5) is 11.2. The summed E-state index contributed by atoms with van der Waals surface area (Å²) in [5.74, 6) is 0.408. The Morgan fingerprint density at radius 1 is 1.62 bits per heavy atom. The molecular formula is C9H10ClNO2. The molecule has 0 aromatic heterocycles. The Hall–Kier alpha value is -1.06. The first-order valence-electron chi connectivity index (χ1n) is 3.76. The highest BCUT2D eigenvalue weighted by Gasteiger charge is 2.09. The van der Waals surface area contributed by atoms with Crippen LogP contribution in [-0.2, 0) is 0 Å². The van der Waals surface area contributed by atoms with Crippen molar-refractivity contribution in [3.8, 4) is 5.75 Å². The van der Waals surface area contributed by atoms with Gasteiger partial charge in [-0.1, -0.05) is 11.6 Å². The number of carbonyl (C=O) groups is 1. The van der Waals surface area contributed by atoms with Gasteiger partial charge in [0.1, 0.15) is 5.75 Å². The van der Waals surface area contributed by atoms with Gasteiger partial charge in [-0.25, -0.2) is 0 Å². The zero-order chi connectivity index (χ0) is 9.84. The highest BCUT2D eigenvalue weighted by atomic mass is 35.5. The summed E-state index contributed by atoms with van der Waals surface area (Å²) < 4.78 is 4.95. The van der Waals surface area contributed by atoms with E-state index in [1.165, 1.54) is 7.11 Å². The normalized spacial score (nSPS) is 9.77. The summed E-state index contributed by atoms with van der Waals surface area (Å²) in [6.45, 7) is -0.0487. The number of carbonyl (C=O) groups excluding carboxylic acids is 1. The van der Waals surface area contributed by atoms with E-state index in [2.05, 4.69) is 0 Å². The number of ether oxygens (including phenoxy) is 1. The Morgan fingerprint density at radius 3 is 2.85 bits per heavy atom. The summed E-state index contributed by atoms with van der Waals surface area (Å²) in [5.41, 5.74) is 5.62. The van der Waals surface area contributed by atoms with E-state index in [0.29, 0.717) is 16.3 Å². The number of nitrogens with two attached hydrogens (primary N) is 1. The molecule has 1 rings (SSSR count). The SMILES string of the molecule is COc1ccc(Cl)c(C(=O)CN)c1. The third-order valence-electron chi connectivity index (χ3n) is 1.66. The molecule has 0 spiro atoms. The Bertz CT molecular complexity index is 325. The minimum Gasteiger partial charge on any atom is -0.497 e. The van der Waals surface area contributed by atoms with Gasteiger partial charge in [-0.2, -0.15) is 0 Å². The quantitative estimate of drug-likeness (QED) is 0.751. The minimum atomic E-state index is -0.191. The number of benzene rings is 1. The number of hydrogen-bond acceptors (Lipinski definition) is 3. The molecule has 0 saturated heterocycles. The molecule has 1 aromatic carbocycles. The van der Waals surface area contributed by atoms with E-state index in [0.717, 1.165) is 0 Å². The lowest BCUT2D eigenvalue weighted by Crippen LogP contribution is -2.14. The first-order valence-corrected chi connectivity index (χ1v) is 4.13. The van der Waals surface area contributed by atoms with Crippen molar-refractivity contribution in [3.63, 3.8) is 0 Å². The molecule has 1 aromatic rings. The van der Waals surface area contributed by atoms with E-state index in [-0.39, 0.29) is 12.3 Å². The van der Waals surface area contributed by atoms with Crippen molar-refractivity contribution in [1.82, 2.24) is 0 Å². The Kier molecular flexibility index (Phi) is 3.28. The average molecular weight is 200 g/mol. The number of halogens is 1. The molecule has 0 aliphatic heterocycles. The summed E-state index contributed by atoms with van der Waals surface area (Å²) in [7, 11) is 1.53. The summed E-state index contributed by atoms with van der Waals surface area (Å²) in [5, 5.41) is 0.399. The van der Waals surface area contributed by atoms with E-state index in [1.807, 2.05) is 0 Å². The van der Waals surface area contributed by atoms with Crippen LogP contribution in [0.3, 0.4) is 0 Å². The fraction of sp³-hybridized carbons (Fsp3) is 0.222. The van der Waals surface area contributed by atoms with Crippen molar-refractivity contribution in [3.05, 3.63) is 28.8 Å². The maximum atomic E-state index is 11.2. The number of rotatable bonds is 3. The molecule has 0 heterocycles. The van der Waals surface area contributed by atoms with E-state index in [4.69, 9.17) is 22.1 Å². The molecule has 0 radical (unpaired) electrons. The van der Waals surface area contributed by atoms with Crippen molar-refractivity contribution < 1.29 is 9.53 Å². The fourth-order valence-electron chi connectivity index (χ4n) is 0.955. The van der Waals surface area contributed by atoms with Crippen LogP contribution < -0.4 is 10.5 Å². The topological polar surface area (TPSA) is 52.3 Å². The fourth-order valence-corrected chi connectivity index (χ4v) is 1.18. The molecule has 0 bridgehead atoms. The second-order valence-electron chi connectivity index (χ2n) is 2.47. The zero-order valence-corrected chi connectivity index (χ0v) is 7.97. The van der Waals surface area contributed by atoms with Gasteiger partial charge in [0.25, 0.3) is 0 Å².